The summed E-state index contributed by atoms with van der Waals surface area (Å²) >= 11 is 7.64. The van der Waals surface area contributed by atoms with E-state index < -0.39 is 10.0 Å². The zero-order valence-corrected chi connectivity index (χ0v) is 17.7. The summed E-state index contributed by atoms with van der Waals surface area (Å²) in [6.07, 6.45) is 4.77. The van der Waals surface area contributed by atoms with E-state index in [0.29, 0.717) is 11.6 Å². The number of hydrogen-bond donors (Lipinski definition) is 1. The van der Waals surface area contributed by atoms with Crippen molar-refractivity contribution < 1.29 is 13.2 Å². The summed E-state index contributed by atoms with van der Waals surface area (Å²) in [7, 11) is -2.29. The predicted molar refractivity (Wildman–Crippen MR) is 110 cm³/mol. The van der Waals surface area contributed by atoms with Crippen molar-refractivity contribution in [1.29, 1.82) is 0 Å². The van der Waals surface area contributed by atoms with E-state index in [1.165, 1.54) is 26.0 Å². The first kappa shape index (κ1) is 20.6. The van der Waals surface area contributed by atoms with Gasteiger partial charge in [0.15, 0.2) is 0 Å². The van der Waals surface area contributed by atoms with E-state index in [4.69, 9.17) is 16.3 Å². The van der Waals surface area contributed by atoms with Gasteiger partial charge in [-0.25, -0.2) is 13.1 Å². The quantitative estimate of drug-likeness (QED) is 0.714. The molecule has 1 aromatic carbocycles. The molecule has 5 nitrogen and oxygen atoms in total. The van der Waals surface area contributed by atoms with Gasteiger partial charge in [-0.2, -0.15) is 11.3 Å². The van der Waals surface area contributed by atoms with Crippen molar-refractivity contribution >= 4 is 33.0 Å². The maximum atomic E-state index is 12.9. The Bertz CT molecular complexity index is 833. The van der Waals surface area contributed by atoms with E-state index in [-0.39, 0.29) is 16.7 Å². The lowest BCUT2D eigenvalue weighted by atomic mass is 10.1. The second-order valence-corrected chi connectivity index (χ2v) is 9.62. The highest BCUT2D eigenvalue weighted by Gasteiger charge is 2.26. The summed E-state index contributed by atoms with van der Waals surface area (Å²) in [5.74, 6) is 0.286. The first-order valence-corrected chi connectivity index (χ1v) is 11.9. The number of methoxy groups -OCH3 is 1. The molecule has 0 bridgehead atoms. The van der Waals surface area contributed by atoms with Crippen molar-refractivity contribution in [3.05, 3.63) is 45.6 Å². The van der Waals surface area contributed by atoms with Crippen LogP contribution in [-0.4, -0.2) is 40.1 Å². The second kappa shape index (κ2) is 9.39. The van der Waals surface area contributed by atoms with E-state index in [1.807, 2.05) is 5.38 Å². The first-order valence-electron chi connectivity index (χ1n) is 9.10. The molecule has 0 radical (unpaired) electrons. The maximum absolute atomic E-state index is 12.9. The lowest BCUT2D eigenvalue weighted by molar-refractivity contribution is 0.206. The average Bonchev–Trinajstić information content (AvgIpc) is 3.05. The molecule has 1 N–H and O–H groups in total. The van der Waals surface area contributed by atoms with Crippen LogP contribution >= 0.6 is 22.9 Å². The fraction of sp³-hybridized carbons (Fsp3) is 0.474. The summed E-state index contributed by atoms with van der Waals surface area (Å²) in [4.78, 5) is 2.46. The zero-order valence-electron chi connectivity index (χ0n) is 15.4. The van der Waals surface area contributed by atoms with Crippen molar-refractivity contribution in [2.75, 3.05) is 26.7 Å². The van der Waals surface area contributed by atoms with Crippen LogP contribution in [0.4, 0.5) is 0 Å². The van der Waals surface area contributed by atoms with Gasteiger partial charge in [-0.3, -0.25) is 4.90 Å². The molecule has 0 saturated carbocycles. The van der Waals surface area contributed by atoms with Gasteiger partial charge in [0, 0.05) is 17.6 Å². The standard InChI is InChI=1S/C19H25ClN2O3S2/c1-25-18-7-6-16(20)12-19(18)27(23,24)21-13-17(15-8-11-26-14-15)22-9-4-2-3-5-10-22/h6-8,11-12,14,17,21H,2-5,9-10,13H2,1H3/t17-/m1/s1. The lowest BCUT2D eigenvalue weighted by Crippen LogP contribution is -2.38. The molecule has 1 atom stereocenters. The molecule has 3 rings (SSSR count). The molecule has 1 aliphatic rings. The molecular weight excluding hydrogens is 404 g/mol. The topological polar surface area (TPSA) is 58.6 Å². The van der Waals surface area contributed by atoms with Crippen molar-refractivity contribution in [2.24, 2.45) is 0 Å². The predicted octanol–water partition coefficient (Wildman–Crippen LogP) is 4.31. The fourth-order valence-electron chi connectivity index (χ4n) is 3.46. The van der Waals surface area contributed by atoms with Crippen LogP contribution in [-0.2, 0) is 10.0 Å². The smallest absolute Gasteiger partial charge is 0.244 e. The number of rotatable bonds is 7. The molecule has 1 fully saturated rings. The Labute approximate surface area is 170 Å². The van der Waals surface area contributed by atoms with Gasteiger partial charge in [0.1, 0.15) is 10.6 Å². The monoisotopic (exact) mass is 428 g/mol. The molecule has 8 heteroatoms. The average molecular weight is 429 g/mol. The molecule has 0 amide bonds. The van der Waals surface area contributed by atoms with Crippen LogP contribution in [0.15, 0.2) is 39.9 Å². The number of thiophene rings is 1. The van der Waals surface area contributed by atoms with Gasteiger partial charge in [-0.15, -0.1) is 0 Å². The normalized spacial score (nSPS) is 17.4. The van der Waals surface area contributed by atoms with E-state index in [1.54, 1.807) is 23.5 Å². The minimum atomic E-state index is -3.74. The molecule has 0 spiro atoms. The number of nitrogens with zero attached hydrogens (tertiary/aromatic N) is 1. The van der Waals surface area contributed by atoms with Gasteiger partial charge in [0.05, 0.1) is 7.11 Å². The number of nitrogens with one attached hydrogen (secondary N) is 1. The minimum absolute atomic E-state index is 0.0225. The molecule has 0 unspecified atom stereocenters. The molecule has 2 aromatic rings. The zero-order chi connectivity index (χ0) is 19.3. The van der Waals surface area contributed by atoms with Gasteiger partial charge in [0.25, 0.3) is 0 Å². The fourth-order valence-corrected chi connectivity index (χ4v) is 5.63. The molecular formula is C19H25ClN2O3S2. The molecule has 1 aliphatic heterocycles. The highest BCUT2D eigenvalue weighted by atomic mass is 35.5. The summed E-state index contributed by atoms with van der Waals surface area (Å²) in [6, 6.07) is 6.71. The van der Waals surface area contributed by atoms with Crippen LogP contribution in [0.3, 0.4) is 0 Å². The minimum Gasteiger partial charge on any atom is -0.495 e. The Balaban J connectivity index is 1.81. The number of likely N-dealkylation sites (tertiary alicyclic amines) is 1. The Kier molecular flexibility index (Phi) is 7.16. The lowest BCUT2D eigenvalue weighted by Gasteiger charge is -2.30. The van der Waals surface area contributed by atoms with Crippen LogP contribution in [0.1, 0.15) is 37.3 Å². The van der Waals surface area contributed by atoms with Crippen LogP contribution in [0, 0.1) is 0 Å². The first-order chi connectivity index (χ1) is 13.0. The van der Waals surface area contributed by atoms with Crippen LogP contribution in [0.5, 0.6) is 5.75 Å². The summed E-state index contributed by atoms with van der Waals surface area (Å²) in [5.41, 5.74) is 1.16. The largest absolute Gasteiger partial charge is 0.495 e. The maximum Gasteiger partial charge on any atom is 0.244 e. The van der Waals surface area contributed by atoms with E-state index in [2.05, 4.69) is 21.1 Å². The third-order valence-electron chi connectivity index (χ3n) is 4.89. The van der Waals surface area contributed by atoms with E-state index >= 15 is 0 Å². The number of hydrogen-bond acceptors (Lipinski definition) is 5. The highest BCUT2D eigenvalue weighted by molar-refractivity contribution is 7.89. The van der Waals surface area contributed by atoms with Crippen LogP contribution in [0.2, 0.25) is 5.02 Å². The molecule has 0 aliphatic carbocycles. The van der Waals surface area contributed by atoms with Gasteiger partial charge in [0.2, 0.25) is 10.0 Å². The Hall–Kier alpha value is -1.12. The van der Waals surface area contributed by atoms with Gasteiger partial charge < -0.3 is 4.74 Å². The number of ether oxygens (including phenoxy) is 1. The Morgan fingerprint density at radius 2 is 1.96 bits per heavy atom. The SMILES string of the molecule is COc1ccc(Cl)cc1S(=O)(=O)NC[C@H](c1ccsc1)N1CCCCCC1. The number of sulfonamides is 1. The number of benzene rings is 1. The van der Waals surface area contributed by atoms with Crippen molar-refractivity contribution in [3.63, 3.8) is 0 Å². The molecule has 1 aromatic heterocycles. The molecule has 27 heavy (non-hydrogen) atoms. The summed E-state index contributed by atoms with van der Waals surface area (Å²) in [6.45, 7) is 2.29. The van der Waals surface area contributed by atoms with Crippen molar-refractivity contribution in [3.8, 4) is 5.75 Å². The Morgan fingerprint density at radius 1 is 1.22 bits per heavy atom. The molecule has 148 valence electrons. The van der Waals surface area contributed by atoms with Gasteiger partial charge in [-0.1, -0.05) is 24.4 Å². The Morgan fingerprint density at radius 3 is 2.59 bits per heavy atom. The summed E-state index contributed by atoms with van der Waals surface area (Å²) < 4.78 is 33.8. The highest BCUT2D eigenvalue weighted by Crippen LogP contribution is 2.29. The third kappa shape index (κ3) is 5.23. The third-order valence-corrected chi connectivity index (χ3v) is 7.27. The van der Waals surface area contributed by atoms with Crippen molar-refractivity contribution in [2.45, 2.75) is 36.6 Å². The van der Waals surface area contributed by atoms with Gasteiger partial charge in [-0.05, 0) is 66.5 Å². The van der Waals surface area contributed by atoms with Crippen LogP contribution in [0.25, 0.3) is 0 Å². The second-order valence-electron chi connectivity index (χ2n) is 6.67. The van der Waals surface area contributed by atoms with Crippen molar-refractivity contribution in [1.82, 2.24) is 9.62 Å². The summed E-state index contributed by atoms with van der Waals surface area (Å²) in [5, 5.41) is 4.50. The molecule has 2 heterocycles. The number of halogens is 1. The molecule has 1 saturated heterocycles. The van der Waals surface area contributed by atoms with Crippen LogP contribution < -0.4 is 9.46 Å². The van der Waals surface area contributed by atoms with E-state index in [9.17, 15) is 8.42 Å². The van der Waals surface area contributed by atoms with Gasteiger partial charge >= 0.3 is 0 Å². The van der Waals surface area contributed by atoms with E-state index in [0.717, 1.165) is 31.5 Å².